The zero-order valence-electron chi connectivity index (χ0n) is 43.2. The van der Waals surface area contributed by atoms with E-state index >= 15 is 4.79 Å². The molecule has 2 aliphatic heterocycles. The van der Waals surface area contributed by atoms with Crippen molar-refractivity contribution in [3.8, 4) is 0 Å². The Bertz CT molecular complexity index is 3350. The van der Waals surface area contributed by atoms with Gasteiger partial charge in [0.2, 0.25) is 10.7 Å². The van der Waals surface area contributed by atoms with E-state index in [0.717, 1.165) is 39.8 Å². The number of benzene rings is 6. The van der Waals surface area contributed by atoms with Crippen LogP contribution in [0.2, 0.25) is 4.34 Å². The molecule has 79 heavy (non-hydrogen) atoms. The molecule has 1 fully saturated rings. The van der Waals surface area contributed by atoms with E-state index in [1.807, 2.05) is 182 Å². The average molecular weight is 1130 g/mol. The van der Waals surface area contributed by atoms with E-state index < -0.39 is 58.3 Å². The summed E-state index contributed by atoms with van der Waals surface area (Å²) in [6.45, 7) is 4.94. The number of carbonyl (C=O) groups is 4. The summed E-state index contributed by atoms with van der Waals surface area (Å²) in [5.74, 6) is -4.20. The molecule has 2 aliphatic rings. The highest BCUT2D eigenvalue weighted by Crippen LogP contribution is 2.48. The van der Waals surface area contributed by atoms with Crippen molar-refractivity contribution in [1.29, 1.82) is 0 Å². The monoisotopic (exact) mass is 1130 g/mol. The average Bonchev–Trinajstić information content (AvgIpc) is 4.19. The molecular formula is C60H53ClN8O7S3. The Balaban J connectivity index is 1.09. The van der Waals surface area contributed by atoms with Gasteiger partial charge in [0.1, 0.15) is 27.3 Å². The fourth-order valence-electron chi connectivity index (χ4n) is 9.89. The number of rotatable bonds is 19. The number of carbonyl (C=O) groups excluding carboxylic acids is 3. The zero-order chi connectivity index (χ0) is 55.3. The quantitative estimate of drug-likeness (QED) is 0.0196. The van der Waals surface area contributed by atoms with Gasteiger partial charge in [0.05, 0.1) is 18.1 Å². The van der Waals surface area contributed by atoms with Crippen molar-refractivity contribution in [3.63, 3.8) is 0 Å². The van der Waals surface area contributed by atoms with Gasteiger partial charge in [-0.3, -0.25) is 19.3 Å². The van der Waals surface area contributed by atoms with Crippen LogP contribution in [-0.2, 0) is 39.9 Å². The largest absolute Gasteiger partial charge is 0.477 e. The van der Waals surface area contributed by atoms with Gasteiger partial charge in [0, 0.05) is 34.6 Å². The Hall–Kier alpha value is -8.16. The SMILES string of the molecule is CNc1nnc(SC2=C(C(=O)O)N3C(=O)C(NC(=O)C(=NOC(c4ccccc4)(c4ccccc4)c4ccccc4)c4nc(NC(c5ccccc5)(c5ccccc5)c5ccccc5)sc4Cl)C3CC2COC(=O)C(C)(C)C)s1. The van der Waals surface area contributed by atoms with Crippen molar-refractivity contribution in [2.24, 2.45) is 16.5 Å². The normalized spacial score (nSPS) is 16.6. The van der Waals surface area contributed by atoms with Gasteiger partial charge in [0.15, 0.2) is 15.2 Å². The number of thiazole rings is 1. The Kier molecular flexibility index (Phi) is 15.8. The lowest BCUT2D eigenvalue weighted by molar-refractivity contribution is -0.159. The van der Waals surface area contributed by atoms with Crippen molar-refractivity contribution < 1.29 is 33.9 Å². The van der Waals surface area contributed by atoms with E-state index in [0.29, 0.717) is 31.3 Å². The maximum atomic E-state index is 15.5. The van der Waals surface area contributed by atoms with Crippen LogP contribution in [0.5, 0.6) is 0 Å². The number of thioether (sulfide) groups is 1. The molecule has 19 heteroatoms. The number of ether oxygens (including phenoxy) is 1. The number of β-lactam (4-membered cyclic amide) rings is 1. The van der Waals surface area contributed by atoms with Crippen LogP contribution in [0.1, 0.15) is 66.3 Å². The molecule has 15 nitrogen and oxygen atoms in total. The molecule has 1 saturated heterocycles. The smallest absolute Gasteiger partial charge is 0.353 e. The van der Waals surface area contributed by atoms with E-state index in [1.165, 1.54) is 16.2 Å². The number of carboxylic acid groups (broad SMARTS) is 1. The molecule has 3 atom stereocenters. The van der Waals surface area contributed by atoms with Gasteiger partial charge in [-0.15, -0.1) is 10.2 Å². The molecule has 2 aromatic heterocycles. The number of esters is 1. The molecule has 3 unspecified atom stereocenters. The van der Waals surface area contributed by atoms with Gasteiger partial charge in [-0.1, -0.05) is 233 Å². The molecule has 0 bridgehead atoms. The first-order valence-corrected chi connectivity index (χ1v) is 28.1. The number of nitrogens with zero attached hydrogens (tertiary/aromatic N) is 5. The molecule has 0 spiro atoms. The number of fused-ring (bicyclic) bond motifs is 1. The van der Waals surface area contributed by atoms with E-state index in [1.54, 1.807) is 27.8 Å². The number of anilines is 2. The van der Waals surface area contributed by atoms with Crippen molar-refractivity contribution in [1.82, 2.24) is 25.4 Å². The molecule has 10 rings (SSSR count). The predicted molar refractivity (Wildman–Crippen MR) is 308 cm³/mol. The molecular weight excluding hydrogens is 1080 g/mol. The van der Waals surface area contributed by atoms with Crippen LogP contribution in [0, 0.1) is 11.3 Å². The fraction of sp³-hybridized carbons (Fsp3) is 0.200. The second-order valence-corrected chi connectivity index (χ2v) is 23.5. The minimum Gasteiger partial charge on any atom is -0.477 e. The molecule has 400 valence electrons. The molecule has 6 aromatic carbocycles. The third kappa shape index (κ3) is 10.8. The van der Waals surface area contributed by atoms with Crippen LogP contribution in [0.15, 0.2) is 202 Å². The van der Waals surface area contributed by atoms with E-state index in [-0.39, 0.29) is 39.4 Å². The van der Waals surface area contributed by atoms with Crippen LogP contribution in [-0.4, -0.2) is 80.4 Å². The lowest BCUT2D eigenvalue weighted by Gasteiger charge is -2.51. The van der Waals surface area contributed by atoms with E-state index in [2.05, 4.69) is 26.1 Å². The minimum atomic E-state index is -1.47. The van der Waals surface area contributed by atoms with Crippen LogP contribution < -0.4 is 16.0 Å². The number of hydrogen-bond acceptors (Lipinski definition) is 15. The summed E-state index contributed by atoms with van der Waals surface area (Å²) in [4.78, 5) is 70.2. The van der Waals surface area contributed by atoms with Crippen molar-refractivity contribution >= 4 is 85.8 Å². The molecule has 4 N–H and O–H groups in total. The maximum absolute atomic E-state index is 15.5. The van der Waals surface area contributed by atoms with Crippen LogP contribution >= 0.6 is 46.0 Å². The number of oxime groups is 1. The number of carboxylic acids is 1. The number of halogens is 1. The van der Waals surface area contributed by atoms with Crippen molar-refractivity contribution in [2.45, 2.75) is 54.8 Å². The number of nitrogens with one attached hydrogen (secondary N) is 3. The zero-order valence-corrected chi connectivity index (χ0v) is 46.4. The number of hydrogen-bond donors (Lipinski definition) is 4. The number of aromatic nitrogens is 3. The van der Waals surface area contributed by atoms with E-state index in [9.17, 15) is 19.5 Å². The maximum Gasteiger partial charge on any atom is 0.353 e. The van der Waals surface area contributed by atoms with Crippen molar-refractivity contribution in [3.05, 3.63) is 236 Å². The predicted octanol–water partition coefficient (Wildman–Crippen LogP) is 11.2. The van der Waals surface area contributed by atoms with Crippen molar-refractivity contribution in [2.75, 3.05) is 24.3 Å². The second-order valence-electron chi connectivity index (χ2n) is 19.7. The summed E-state index contributed by atoms with van der Waals surface area (Å²) in [5.41, 5.74) is 0.604. The van der Waals surface area contributed by atoms with Gasteiger partial charge in [0.25, 0.3) is 11.8 Å². The fourth-order valence-corrected chi connectivity index (χ4v) is 13.0. The number of aliphatic carboxylic acids is 1. The summed E-state index contributed by atoms with van der Waals surface area (Å²) < 4.78 is 6.32. The first kappa shape index (κ1) is 54.2. The highest BCUT2D eigenvalue weighted by atomic mass is 35.5. The van der Waals surface area contributed by atoms with Crippen LogP contribution in [0.3, 0.4) is 0 Å². The first-order valence-electron chi connectivity index (χ1n) is 25.2. The summed E-state index contributed by atoms with van der Waals surface area (Å²) >= 11 is 10.7. The molecule has 8 aromatic rings. The van der Waals surface area contributed by atoms with Gasteiger partial charge < -0.3 is 30.6 Å². The summed E-state index contributed by atoms with van der Waals surface area (Å²) in [6, 6.07) is 56.1. The van der Waals surface area contributed by atoms with Gasteiger partial charge in [-0.2, -0.15) is 0 Å². The van der Waals surface area contributed by atoms with Crippen LogP contribution in [0.25, 0.3) is 0 Å². The Labute approximate surface area is 473 Å². The van der Waals surface area contributed by atoms with E-state index in [4.69, 9.17) is 31.3 Å². The Morgan fingerprint density at radius 3 is 1.65 bits per heavy atom. The molecule has 0 radical (unpaired) electrons. The van der Waals surface area contributed by atoms with Gasteiger partial charge in [-0.25, -0.2) is 9.78 Å². The lowest BCUT2D eigenvalue weighted by Crippen LogP contribution is -2.72. The topological polar surface area (TPSA) is 197 Å². The number of amides is 2. The van der Waals surface area contributed by atoms with Crippen LogP contribution in [0.4, 0.5) is 10.3 Å². The molecule has 4 heterocycles. The molecule has 2 amide bonds. The standard InChI is InChI=1S/C60H53ClN8O7S3/c1-58(2,3)54(74)75-36-37-35-44-45(52(71)69(44)48(53(72)73)49(37)77-57-67-66-55(62-4)79-57)63-51(70)47(68-76-60(41-29-17-8-18-30-41,42-31-19-9-20-32-42)43-33-21-10-22-34-43)46-50(61)78-56(64-46)65-59(38-23-11-5-12-24-38,39-25-13-6-14-26-39)40-27-15-7-16-28-40/h5-34,37,44-45H,35-36H2,1-4H3,(H,62,66)(H,63,70)(H,64,65)(H,72,73). The second kappa shape index (κ2) is 23.0. The Morgan fingerprint density at radius 1 is 0.722 bits per heavy atom. The summed E-state index contributed by atoms with van der Waals surface area (Å²) in [5, 5.41) is 34.5. The summed E-state index contributed by atoms with van der Waals surface area (Å²) in [7, 11) is 1.69. The lowest BCUT2D eigenvalue weighted by atomic mass is 9.77. The third-order valence-electron chi connectivity index (χ3n) is 13.7. The highest BCUT2D eigenvalue weighted by Gasteiger charge is 2.56. The molecule has 0 saturated carbocycles. The minimum absolute atomic E-state index is 0.0557. The first-order chi connectivity index (χ1) is 38.2. The molecule has 0 aliphatic carbocycles. The third-order valence-corrected chi connectivity index (χ3v) is 17.1. The Morgan fingerprint density at radius 2 is 1.20 bits per heavy atom. The summed E-state index contributed by atoms with van der Waals surface area (Å²) in [6.07, 6.45) is 0.0963. The highest BCUT2D eigenvalue weighted by molar-refractivity contribution is 8.04. The van der Waals surface area contributed by atoms with Gasteiger partial charge in [-0.05, 0) is 43.9 Å². The van der Waals surface area contributed by atoms with Gasteiger partial charge >= 0.3 is 11.9 Å².